The fourth-order valence-corrected chi connectivity index (χ4v) is 3.52. The van der Waals surface area contributed by atoms with Gasteiger partial charge in [0.2, 0.25) is 10.0 Å². The molecule has 3 unspecified atom stereocenters. The first-order chi connectivity index (χ1) is 13.7. The lowest BCUT2D eigenvalue weighted by atomic mass is 9.96. The number of carbonyl (C=O) groups excluding carboxylic acids is 1. The first-order valence-electron chi connectivity index (χ1n) is 8.82. The number of carbonyl (C=O) groups is 1. The summed E-state index contributed by atoms with van der Waals surface area (Å²) in [6, 6.07) is 8.11. The highest BCUT2D eigenvalue weighted by Gasteiger charge is 2.29. The summed E-state index contributed by atoms with van der Waals surface area (Å²) >= 11 is 1.54. The van der Waals surface area contributed by atoms with Crippen molar-refractivity contribution in [2.75, 3.05) is 23.0 Å². The molecule has 160 valence electrons. The Labute approximate surface area is 174 Å². The molecule has 0 aliphatic rings. The Morgan fingerprint density at radius 3 is 2.59 bits per heavy atom. The fraction of sp³-hybridized carbons (Fsp3) is 0.444. The molecule has 1 heterocycles. The molecule has 0 fully saturated rings. The van der Waals surface area contributed by atoms with Crippen LogP contribution in [0.1, 0.15) is 22.5 Å². The molecule has 0 aliphatic carbocycles. The van der Waals surface area contributed by atoms with Crippen molar-refractivity contribution in [1.82, 2.24) is 10.3 Å². The second-order valence-electron chi connectivity index (χ2n) is 6.52. The molecule has 4 N–H and O–H groups in total. The van der Waals surface area contributed by atoms with Crippen molar-refractivity contribution in [3.05, 3.63) is 47.9 Å². The number of thioether (sulfide) groups is 1. The van der Waals surface area contributed by atoms with E-state index in [1.54, 1.807) is 11.8 Å². The third-order valence-electron chi connectivity index (χ3n) is 4.05. The summed E-state index contributed by atoms with van der Waals surface area (Å²) in [7, 11) is -3.60. The third-order valence-corrected chi connectivity index (χ3v) is 5.24. The van der Waals surface area contributed by atoms with Crippen LogP contribution in [0.4, 0.5) is 6.01 Å². The summed E-state index contributed by atoms with van der Waals surface area (Å²) < 4.78 is 29.5. The molecule has 29 heavy (non-hydrogen) atoms. The number of aliphatic hydroxyl groups is 2. The van der Waals surface area contributed by atoms with Crippen LogP contribution in [0.3, 0.4) is 0 Å². The van der Waals surface area contributed by atoms with Gasteiger partial charge < -0.3 is 19.9 Å². The number of anilines is 1. The van der Waals surface area contributed by atoms with Crippen molar-refractivity contribution in [1.29, 1.82) is 0 Å². The van der Waals surface area contributed by atoms with E-state index in [1.807, 2.05) is 41.3 Å². The van der Waals surface area contributed by atoms with E-state index < -0.39 is 34.2 Å². The fourth-order valence-electron chi connectivity index (χ4n) is 2.63. The van der Waals surface area contributed by atoms with Crippen LogP contribution in [0.15, 0.2) is 41.0 Å². The minimum Gasteiger partial charge on any atom is -0.431 e. The summed E-state index contributed by atoms with van der Waals surface area (Å²) in [5.41, 5.74) is 0.716. The van der Waals surface area contributed by atoms with Gasteiger partial charge in [-0.1, -0.05) is 30.3 Å². The summed E-state index contributed by atoms with van der Waals surface area (Å²) in [5.74, 6) is 0.000889. The van der Waals surface area contributed by atoms with Crippen molar-refractivity contribution in [3.8, 4) is 0 Å². The molecule has 3 atom stereocenters. The Balaban J connectivity index is 2.14. The monoisotopic (exact) mass is 443 g/mol. The second-order valence-corrected chi connectivity index (χ2v) is 9.26. The zero-order chi connectivity index (χ0) is 21.4. The van der Waals surface area contributed by atoms with Gasteiger partial charge in [0, 0.05) is 0 Å². The van der Waals surface area contributed by atoms with Crippen LogP contribution in [0, 0.1) is 0 Å². The molecule has 11 heteroatoms. The zero-order valence-electron chi connectivity index (χ0n) is 16.1. The summed E-state index contributed by atoms with van der Waals surface area (Å²) in [6.07, 6.45) is 2.28. The molecule has 2 rings (SSSR count). The highest BCUT2D eigenvalue weighted by atomic mass is 32.2. The molecule has 0 spiro atoms. The average Bonchev–Trinajstić information content (AvgIpc) is 3.12. The Morgan fingerprint density at radius 2 is 1.97 bits per heavy atom. The molecular weight excluding hydrogens is 418 g/mol. The second kappa shape index (κ2) is 10.6. The van der Waals surface area contributed by atoms with Crippen molar-refractivity contribution in [2.24, 2.45) is 0 Å². The molecular formula is C18H25N3O6S2. The van der Waals surface area contributed by atoms with E-state index in [2.05, 4.69) is 10.3 Å². The van der Waals surface area contributed by atoms with Crippen molar-refractivity contribution in [3.63, 3.8) is 0 Å². The van der Waals surface area contributed by atoms with Gasteiger partial charge in [-0.2, -0.15) is 16.7 Å². The van der Waals surface area contributed by atoms with Gasteiger partial charge in [0.05, 0.1) is 18.4 Å². The van der Waals surface area contributed by atoms with Crippen LogP contribution in [-0.2, 0) is 16.4 Å². The molecule has 0 radical (unpaired) electrons. The number of nitrogens with zero attached hydrogens (tertiary/aromatic N) is 1. The number of hydrogen-bond donors (Lipinski definition) is 4. The Hall–Kier alpha value is -2.08. The molecule has 9 nitrogen and oxygen atoms in total. The lowest BCUT2D eigenvalue weighted by Gasteiger charge is -2.27. The normalized spacial score (nSPS) is 14.8. The molecule has 0 aliphatic heterocycles. The van der Waals surface area contributed by atoms with E-state index in [0.29, 0.717) is 12.2 Å². The van der Waals surface area contributed by atoms with Gasteiger partial charge in [0.15, 0.2) is 5.69 Å². The first kappa shape index (κ1) is 23.2. The van der Waals surface area contributed by atoms with Crippen LogP contribution in [0.25, 0.3) is 0 Å². The number of hydrogen-bond acceptors (Lipinski definition) is 8. The van der Waals surface area contributed by atoms with Crippen LogP contribution in [0.5, 0.6) is 0 Å². The van der Waals surface area contributed by atoms with E-state index in [0.717, 1.165) is 18.1 Å². The average molecular weight is 444 g/mol. The van der Waals surface area contributed by atoms with E-state index in [9.17, 15) is 23.4 Å². The number of nitrogens with one attached hydrogen (secondary N) is 2. The van der Waals surface area contributed by atoms with E-state index in [1.165, 1.54) is 0 Å². The Morgan fingerprint density at radius 1 is 1.28 bits per heavy atom. The van der Waals surface area contributed by atoms with Gasteiger partial charge in [0.25, 0.3) is 5.91 Å². The van der Waals surface area contributed by atoms with Gasteiger partial charge in [0.1, 0.15) is 12.4 Å². The predicted octanol–water partition coefficient (Wildman–Crippen LogP) is 0.862. The van der Waals surface area contributed by atoms with Gasteiger partial charge in [-0.05, 0) is 30.4 Å². The van der Waals surface area contributed by atoms with Gasteiger partial charge in [-0.15, -0.1) is 0 Å². The number of benzene rings is 1. The number of amides is 1. The molecule has 2 aromatic rings. The number of aromatic nitrogens is 1. The van der Waals surface area contributed by atoms with Crippen LogP contribution in [-0.4, -0.2) is 66.0 Å². The summed E-state index contributed by atoms with van der Waals surface area (Å²) in [6.45, 7) is 0. The first-order valence-corrected chi connectivity index (χ1v) is 12.1. The van der Waals surface area contributed by atoms with Gasteiger partial charge in [-0.3, -0.25) is 4.79 Å². The number of rotatable bonds is 11. The maximum Gasteiger partial charge on any atom is 0.309 e. The van der Waals surface area contributed by atoms with Crippen molar-refractivity contribution in [2.45, 2.75) is 31.1 Å². The smallest absolute Gasteiger partial charge is 0.309 e. The molecule has 1 aromatic carbocycles. The van der Waals surface area contributed by atoms with Crippen molar-refractivity contribution < 1.29 is 27.8 Å². The van der Waals surface area contributed by atoms with E-state index in [4.69, 9.17) is 4.42 Å². The molecule has 1 amide bonds. The lowest BCUT2D eigenvalue weighted by Crippen LogP contribution is -2.50. The molecule has 0 bridgehead atoms. The Bertz CT molecular complexity index is 888. The maximum atomic E-state index is 12.6. The molecule has 1 aromatic heterocycles. The number of sulfonamides is 1. The van der Waals surface area contributed by atoms with Gasteiger partial charge >= 0.3 is 6.01 Å². The topological polar surface area (TPSA) is 142 Å². The lowest BCUT2D eigenvalue weighted by molar-refractivity contribution is -0.00410. The minimum absolute atomic E-state index is 0.153. The number of oxazole rings is 1. The van der Waals surface area contributed by atoms with E-state index in [-0.39, 0.29) is 18.1 Å². The van der Waals surface area contributed by atoms with E-state index >= 15 is 0 Å². The molecule has 0 saturated carbocycles. The maximum absolute atomic E-state index is 12.6. The molecule has 0 saturated heterocycles. The highest BCUT2D eigenvalue weighted by Crippen LogP contribution is 2.14. The largest absolute Gasteiger partial charge is 0.431 e. The van der Waals surface area contributed by atoms with Crippen LogP contribution >= 0.6 is 11.8 Å². The van der Waals surface area contributed by atoms with Gasteiger partial charge in [-0.25, -0.2) is 13.1 Å². The quantitative estimate of drug-likeness (QED) is 0.401. The predicted molar refractivity (Wildman–Crippen MR) is 111 cm³/mol. The van der Waals surface area contributed by atoms with Crippen LogP contribution in [0.2, 0.25) is 0 Å². The minimum atomic E-state index is -3.60. The summed E-state index contributed by atoms with van der Waals surface area (Å²) in [5, 5.41) is 23.6. The highest BCUT2D eigenvalue weighted by molar-refractivity contribution is 7.98. The standard InChI is InChI=1S/C18H25N3O6S2/c1-28-9-8-15(22)16(23)13(10-12-6-4-3-5-7-12)19-17(24)14-11-27-18(20-14)21-29(2,25)26/h3-7,11,13,15-16,22-23H,8-10H2,1-2H3,(H,19,24)(H,20,21). The van der Waals surface area contributed by atoms with Crippen molar-refractivity contribution >= 4 is 33.7 Å². The van der Waals surface area contributed by atoms with Crippen LogP contribution < -0.4 is 10.0 Å². The number of aliphatic hydroxyl groups excluding tert-OH is 2. The zero-order valence-corrected chi connectivity index (χ0v) is 17.7. The third kappa shape index (κ3) is 7.69. The summed E-state index contributed by atoms with van der Waals surface area (Å²) in [4.78, 5) is 16.4. The SMILES string of the molecule is CSCCC(O)C(O)C(Cc1ccccc1)NC(=O)c1coc(NS(C)(=O)=O)n1. The Kier molecular flexibility index (Phi) is 8.50.